The Morgan fingerprint density at radius 2 is 1.91 bits per heavy atom. The molecule has 0 bridgehead atoms. The SMILES string of the molecule is NC(C=O)c1ccc(F)cc1. The molecule has 1 atom stereocenters. The minimum atomic E-state index is -0.643. The van der Waals surface area contributed by atoms with E-state index in [2.05, 4.69) is 0 Å². The molecule has 58 valence electrons. The van der Waals surface area contributed by atoms with Gasteiger partial charge in [0.1, 0.15) is 12.1 Å². The molecule has 0 spiro atoms. The second-order valence-electron chi connectivity index (χ2n) is 2.21. The highest BCUT2D eigenvalue weighted by Crippen LogP contribution is 2.08. The van der Waals surface area contributed by atoms with Gasteiger partial charge in [0.25, 0.3) is 0 Å². The lowest BCUT2D eigenvalue weighted by Gasteiger charge is -2.01. The Kier molecular flexibility index (Phi) is 2.33. The largest absolute Gasteiger partial charge is 0.318 e. The molecule has 0 aliphatic rings. The van der Waals surface area contributed by atoms with Crippen LogP contribution >= 0.6 is 0 Å². The van der Waals surface area contributed by atoms with Crippen LogP contribution in [-0.4, -0.2) is 6.29 Å². The third kappa shape index (κ3) is 1.85. The highest BCUT2D eigenvalue weighted by Gasteiger charge is 2.02. The average Bonchev–Trinajstić information content (AvgIpc) is 2.05. The lowest BCUT2D eigenvalue weighted by atomic mass is 10.1. The molecule has 2 nitrogen and oxygen atoms in total. The summed E-state index contributed by atoms with van der Waals surface area (Å²) >= 11 is 0. The highest BCUT2D eigenvalue weighted by molar-refractivity contribution is 5.60. The van der Waals surface area contributed by atoms with Crippen LogP contribution in [0.4, 0.5) is 4.39 Å². The molecule has 0 aromatic heterocycles. The van der Waals surface area contributed by atoms with E-state index in [1.165, 1.54) is 24.3 Å². The number of hydrogen-bond acceptors (Lipinski definition) is 2. The number of rotatable bonds is 2. The van der Waals surface area contributed by atoms with Crippen LogP contribution in [0.2, 0.25) is 0 Å². The second kappa shape index (κ2) is 3.25. The van der Waals surface area contributed by atoms with E-state index in [0.717, 1.165) is 0 Å². The van der Waals surface area contributed by atoms with Crippen LogP contribution in [0.3, 0.4) is 0 Å². The third-order valence-corrected chi connectivity index (χ3v) is 1.40. The van der Waals surface area contributed by atoms with Gasteiger partial charge in [-0.2, -0.15) is 0 Å². The number of benzene rings is 1. The van der Waals surface area contributed by atoms with Crippen LogP contribution in [-0.2, 0) is 4.79 Å². The van der Waals surface area contributed by atoms with Gasteiger partial charge < -0.3 is 10.5 Å². The number of aldehydes is 1. The molecule has 11 heavy (non-hydrogen) atoms. The van der Waals surface area contributed by atoms with Gasteiger partial charge in [0.15, 0.2) is 0 Å². The average molecular weight is 153 g/mol. The van der Waals surface area contributed by atoms with E-state index in [1.54, 1.807) is 0 Å². The number of nitrogens with two attached hydrogens (primary N) is 1. The maximum absolute atomic E-state index is 12.3. The molecule has 0 saturated heterocycles. The standard InChI is InChI=1S/C8H8FNO/c9-7-3-1-6(2-4-7)8(10)5-11/h1-5,8H,10H2. The lowest BCUT2D eigenvalue weighted by molar-refractivity contribution is -0.109. The highest BCUT2D eigenvalue weighted by atomic mass is 19.1. The summed E-state index contributed by atoms with van der Waals surface area (Å²) in [6.45, 7) is 0. The molecule has 0 aliphatic heterocycles. The summed E-state index contributed by atoms with van der Waals surface area (Å²) in [7, 11) is 0. The zero-order valence-electron chi connectivity index (χ0n) is 5.83. The predicted octanol–water partition coefficient (Wildman–Crippen LogP) is 1.02. The van der Waals surface area contributed by atoms with Gasteiger partial charge in [-0.3, -0.25) is 0 Å². The molecule has 0 aliphatic carbocycles. The molecule has 3 heteroatoms. The van der Waals surface area contributed by atoms with Crippen molar-refractivity contribution >= 4 is 6.29 Å². The van der Waals surface area contributed by atoms with Crippen molar-refractivity contribution in [2.75, 3.05) is 0 Å². The first-order valence-electron chi connectivity index (χ1n) is 3.20. The Bertz CT molecular complexity index is 245. The number of carbonyl (C=O) groups is 1. The Balaban J connectivity index is 2.89. The first-order valence-corrected chi connectivity index (χ1v) is 3.20. The summed E-state index contributed by atoms with van der Waals surface area (Å²) in [4.78, 5) is 10.2. The molecule has 2 N–H and O–H groups in total. The van der Waals surface area contributed by atoms with E-state index in [1.807, 2.05) is 0 Å². The van der Waals surface area contributed by atoms with E-state index in [0.29, 0.717) is 11.8 Å². The van der Waals surface area contributed by atoms with E-state index < -0.39 is 6.04 Å². The molecule has 0 heterocycles. The zero-order valence-corrected chi connectivity index (χ0v) is 5.83. The molecule has 0 radical (unpaired) electrons. The van der Waals surface area contributed by atoms with Crippen LogP contribution in [0.25, 0.3) is 0 Å². The maximum atomic E-state index is 12.3. The van der Waals surface area contributed by atoms with Crippen molar-refractivity contribution in [1.29, 1.82) is 0 Å². The Labute approximate surface area is 63.8 Å². The van der Waals surface area contributed by atoms with E-state index >= 15 is 0 Å². The second-order valence-corrected chi connectivity index (χ2v) is 2.21. The van der Waals surface area contributed by atoms with Gasteiger partial charge in [0.05, 0.1) is 6.04 Å². The summed E-state index contributed by atoms with van der Waals surface area (Å²) in [5.74, 6) is -0.327. The molecule has 1 aromatic rings. The van der Waals surface area contributed by atoms with E-state index in [-0.39, 0.29) is 5.82 Å². The smallest absolute Gasteiger partial charge is 0.141 e. The van der Waals surface area contributed by atoms with E-state index in [9.17, 15) is 9.18 Å². The molecule has 1 rings (SSSR count). The van der Waals surface area contributed by atoms with Crippen LogP contribution in [0.15, 0.2) is 24.3 Å². The first kappa shape index (κ1) is 7.88. The summed E-state index contributed by atoms with van der Waals surface area (Å²) < 4.78 is 12.3. The van der Waals surface area contributed by atoms with Gasteiger partial charge >= 0.3 is 0 Å². The maximum Gasteiger partial charge on any atom is 0.141 e. The monoisotopic (exact) mass is 153 g/mol. The minimum absolute atomic E-state index is 0.327. The fraction of sp³-hybridized carbons (Fsp3) is 0.125. The third-order valence-electron chi connectivity index (χ3n) is 1.40. The van der Waals surface area contributed by atoms with Gasteiger partial charge in [0, 0.05) is 0 Å². The Morgan fingerprint density at radius 3 is 2.36 bits per heavy atom. The van der Waals surface area contributed by atoms with Crippen LogP contribution < -0.4 is 5.73 Å². The fourth-order valence-electron chi connectivity index (χ4n) is 0.764. The van der Waals surface area contributed by atoms with Crippen LogP contribution in [0, 0.1) is 5.82 Å². The molecular weight excluding hydrogens is 145 g/mol. The molecule has 1 unspecified atom stereocenters. The first-order chi connectivity index (χ1) is 5.24. The van der Waals surface area contributed by atoms with E-state index in [4.69, 9.17) is 5.73 Å². The van der Waals surface area contributed by atoms with Crippen molar-refractivity contribution in [1.82, 2.24) is 0 Å². The number of carbonyl (C=O) groups excluding carboxylic acids is 1. The van der Waals surface area contributed by atoms with Gasteiger partial charge in [-0.05, 0) is 17.7 Å². The lowest BCUT2D eigenvalue weighted by Crippen LogP contribution is -2.10. The molecule has 0 saturated carbocycles. The van der Waals surface area contributed by atoms with Gasteiger partial charge in [0.2, 0.25) is 0 Å². The minimum Gasteiger partial charge on any atom is -0.318 e. The molecule has 1 aromatic carbocycles. The van der Waals surface area contributed by atoms with Gasteiger partial charge in [-0.1, -0.05) is 12.1 Å². The Morgan fingerprint density at radius 1 is 1.36 bits per heavy atom. The van der Waals surface area contributed by atoms with Crippen molar-refractivity contribution < 1.29 is 9.18 Å². The van der Waals surface area contributed by atoms with Crippen molar-refractivity contribution in [3.63, 3.8) is 0 Å². The van der Waals surface area contributed by atoms with Crippen LogP contribution in [0.5, 0.6) is 0 Å². The predicted molar refractivity (Wildman–Crippen MR) is 39.4 cm³/mol. The Hall–Kier alpha value is -1.22. The summed E-state index contributed by atoms with van der Waals surface area (Å²) in [5, 5.41) is 0. The molecule has 0 amide bonds. The fourth-order valence-corrected chi connectivity index (χ4v) is 0.764. The summed E-state index contributed by atoms with van der Waals surface area (Å²) in [5.41, 5.74) is 5.98. The van der Waals surface area contributed by atoms with Gasteiger partial charge in [-0.25, -0.2) is 4.39 Å². The molecule has 0 fully saturated rings. The quantitative estimate of drug-likeness (QED) is 0.644. The van der Waals surface area contributed by atoms with Crippen molar-refractivity contribution in [3.05, 3.63) is 35.6 Å². The van der Waals surface area contributed by atoms with Crippen LogP contribution in [0.1, 0.15) is 11.6 Å². The number of hydrogen-bond donors (Lipinski definition) is 1. The van der Waals surface area contributed by atoms with Gasteiger partial charge in [-0.15, -0.1) is 0 Å². The molecular formula is C8H8FNO. The summed E-state index contributed by atoms with van der Waals surface area (Å²) in [6.07, 6.45) is 0.618. The van der Waals surface area contributed by atoms with Crippen molar-refractivity contribution in [2.45, 2.75) is 6.04 Å². The van der Waals surface area contributed by atoms with Crippen molar-refractivity contribution in [3.8, 4) is 0 Å². The normalized spacial score (nSPS) is 12.5. The summed E-state index contributed by atoms with van der Waals surface area (Å²) in [6, 6.07) is 4.90. The topological polar surface area (TPSA) is 43.1 Å². The van der Waals surface area contributed by atoms with Crippen molar-refractivity contribution in [2.24, 2.45) is 5.73 Å². The number of halogens is 1. The zero-order chi connectivity index (χ0) is 8.27.